The molecule has 1 aliphatic rings. The number of alkyl halides is 3. The van der Waals surface area contributed by atoms with Crippen LogP contribution in [0.1, 0.15) is 29.7 Å². The van der Waals surface area contributed by atoms with Gasteiger partial charge in [0.2, 0.25) is 5.91 Å². The molecule has 0 fully saturated rings. The number of amides is 1. The number of carbonyl (C=O) groups is 1. The summed E-state index contributed by atoms with van der Waals surface area (Å²) in [5.74, 6) is -0.502. The van der Waals surface area contributed by atoms with E-state index in [0.717, 1.165) is 58.8 Å². The monoisotopic (exact) mass is 450 g/mol. The molecule has 0 radical (unpaired) electrons. The quantitative estimate of drug-likeness (QED) is 0.460. The number of para-hydroxylation sites is 1. The Kier molecular flexibility index (Phi) is 5.93. The lowest BCUT2D eigenvalue weighted by Crippen LogP contribution is -2.18. The van der Waals surface area contributed by atoms with Crippen LogP contribution in [-0.2, 0) is 23.8 Å². The molecule has 2 aromatic carbocycles. The Hall–Kier alpha value is -2.25. The first-order valence-electron chi connectivity index (χ1n) is 9.53. The van der Waals surface area contributed by atoms with Crippen LogP contribution in [0.4, 0.5) is 18.9 Å². The smallest absolute Gasteiger partial charge is 0.325 e. The first kappa shape index (κ1) is 21.0. The minimum Gasteiger partial charge on any atom is -0.325 e. The number of anilines is 1. The molecule has 3 nitrogen and oxygen atoms in total. The number of fused-ring (bicyclic) bond motifs is 2. The van der Waals surface area contributed by atoms with Gasteiger partial charge >= 0.3 is 6.18 Å². The second-order valence-corrected chi connectivity index (χ2v) is 8.54. The molecule has 1 heterocycles. The van der Waals surface area contributed by atoms with E-state index in [4.69, 9.17) is 16.6 Å². The van der Waals surface area contributed by atoms with Crippen molar-refractivity contribution in [1.82, 2.24) is 4.98 Å². The highest BCUT2D eigenvalue weighted by atomic mass is 35.5. The van der Waals surface area contributed by atoms with Gasteiger partial charge in [-0.1, -0.05) is 23.7 Å². The van der Waals surface area contributed by atoms with Crippen LogP contribution in [0.25, 0.3) is 10.9 Å². The van der Waals surface area contributed by atoms with Gasteiger partial charge in [0, 0.05) is 21.0 Å². The number of hydrogen-bond acceptors (Lipinski definition) is 3. The number of halogens is 4. The zero-order chi connectivity index (χ0) is 21.3. The number of thioether (sulfide) groups is 1. The van der Waals surface area contributed by atoms with Crippen molar-refractivity contribution in [1.29, 1.82) is 0 Å². The fourth-order valence-electron chi connectivity index (χ4n) is 3.68. The summed E-state index contributed by atoms with van der Waals surface area (Å²) < 4.78 is 39.5. The van der Waals surface area contributed by atoms with Crippen LogP contribution in [0.3, 0.4) is 0 Å². The van der Waals surface area contributed by atoms with E-state index in [2.05, 4.69) is 5.32 Å². The summed E-state index contributed by atoms with van der Waals surface area (Å²) in [6, 6.07) is 10.4. The highest BCUT2D eigenvalue weighted by Crippen LogP contribution is 2.38. The van der Waals surface area contributed by atoms with Gasteiger partial charge in [-0.3, -0.25) is 9.78 Å². The number of nitrogens with zero attached hydrogens (tertiary/aromatic N) is 1. The maximum atomic E-state index is 13.2. The topological polar surface area (TPSA) is 42.0 Å². The lowest BCUT2D eigenvalue weighted by atomic mass is 9.94. The SMILES string of the molecule is O=C(CSc1c2c(nc3ccc(Cl)cc13)CCCC2)Nc1ccccc1C(F)(F)F. The second-order valence-electron chi connectivity index (χ2n) is 7.11. The molecule has 0 spiro atoms. The van der Waals surface area contributed by atoms with Gasteiger partial charge in [-0.05, 0) is 61.6 Å². The van der Waals surface area contributed by atoms with E-state index in [1.165, 1.54) is 30.0 Å². The number of carbonyl (C=O) groups excluding carboxylic acids is 1. The molecule has 3 aromatic rings. The van der Waals surface area contributed by atoms with E-state index >= 15 is 0 Å². The van der Waals surface area contributed by atoms with E-state index in [1.54, 1.807) is 6.07 Å². The van der Waals surface area contributed by atoms with Crippen LogP contribution in [0, 0.1) is 0 Å². The van der Waals surface area contributed by atoms with E-state index in [1.807, 2.05) is 12.1 Å². The average molecular weight is 451 g/mol. The Balaban J connectivity index is 1.60. The summed E-state index contributed by atoms with van der Waals surface area (Å²) in [6.07, 6.45) is -0.677. The van der Waals surface area contributed by atoms with Gasteiger partial charge in [0.15, 0.2) is 0 Å². The van der Waals surface area contributed by atoms with Crippen molar-refractivity contribution in [3.63, 3.8) is 0 Å². The van der Waals surface area contributed by atoms with Crippen molar-refractivity contribution in [2.75, 3.05) is 11.1 Å². The fourth-order valence-corrected chi connectivity index (χ4v) is 4.91. The molecule has 0 saturated heterocycles. The predicted octanol–water partition coefficient (Wildman–Crippen LogP) is 6.52. The lowest BCUT2D eigenvalue weighted by molar-refractivity contribution is -0.137. The van der Waals surface area contributed by atoms with Crippen molar-refractivity contribution >= 4 is 45.9 Å². The Bertz CT molecular complexity index is 1120. The Morgan fingerprint density at radius 2 is 1.90 bits per heavy atom. The normalized spacial score (nSPS) is 13.9. The number of rotatable bonds is 4. The molecule has 1 aliphatic carbocycles. The van der Waals surface area contributed by atoms with Crippen molar-refractivity contribution in [3.05, 3.63) is 64.3 Å². The van der Waals surface area contributed by atoms with Crippen molar-refractivity contribution in [2.24, 2.45) is 0 Å². The van der Waals surface area contributed by atoms with Gasteiger partial charge in [-0.15, -0.1) is 11.8 Å². The number of benzene rings is 2. The standard InChI is InChI=1S/C22H18ClF3N2OS/c23-13-9-10-18-15(11-13)21(14-5-1-3-7-17(14)27-18)30-12-20(29)28-19-8-4-2-6-16(19)22(24,25)26/h2,4,6,8-11H,1,3,5,7,12H2,(H,28,29). The van der Waals surface area contributed by atoms with Crippen LogP contribution in [0.2, 0.25) is 5.02 Å². The molecular weight excluding hydrogens is 433 g/mol. The van der Waals surface area contributed by atoms with Crippen molar-refractivity contribution in [2.45, 2.75) is 36.8 Å². The van der Waals surface area contributed by atoms with Gasteiger partial charge in [0.25, 0.3) is 0 Å². The summed E-state index contributed by atoms with van der Waals surface area (Å²) in [7, 11) is 0. The van der Waals surface area contributed by atoms with E-state index in [-0.39, 0.29) is 11.4 Å². The van der Waals surface area contributed by atoms with Crippen LogP contribution in [0.5, 0.6) is 0 Å². The van der Waals surface area contributed by atoms with Gasteiger partial charge in [0.1, 0.15) is 0 Å². The molecule has 1 aromatic heterocycles. The van der Waals surface area contributed by atoms with Gasteiger partial charge in [-0.25, -0.2) is 0 Å². The number of hydrogen-bond donors (Lipinski definition) is 1. The number of aryl methyl sites for hydroxylation is 1. The zero-order valence-corrected chi connectivity index (χ0v) is 17.4. The number of nitrogens with one attached hydrogen (secondary N) is 1. The van der Waals surface area contributed by atoms with Gasteiger partial charge < -0.3 is 5.32 Å². The maximum Gasteiger partial charge on any atom is 0.418 e. The third-order valence-electron chi connectivity index (χ3n) is 5.03. The number of aromatic nitrogens is 1. The van der Waals surface area contributed by atoms with Crippen molar-refractivity contribution < 1.29 is 18.0 Å². The van der Waals surface area contributed by atoms with Crippen LogP contribution < -0.4 is 5.32 Å². The minimum atomic E-state index is -4.53. The minimum absolute atomic E-state index is 0.00966. The Morgan fingerprint density at radius 3 is 2.70 bits per heavy atom. The summed E-state index contributed by atoms with van der Waals surface area (Å²) in [6.45, 7) is 0. The largest absolute Gasteiger partial charge is 0.418 e. The van der Waals surface area contributed by atoms with Crippen LogP contribution in [-0.4, -0.2) is 16.6 Å². The van der Waals surface area contributed by atoms with Gasteiger partial charge in [0.05, 0.1) is 22.5 Å². The highest BCUT2D eigenvalue weighted by Gasteiger charge is 2.33. The average Bonchev–Trinajstić information content (AvgIpc) is 2.71. The third-order valence-corrected chi connectivity index (χ3v) is 6.42. The molecule has 156 valence electrons. The van der Waals surface area contributed by atoms with E-state index in [0.29, 0.717) is 5.02 Å². The Morgan fingerprint density at radius 1 is 1.13 bits per heavy atom. The zero-order valence-electron chi connectivity index (χ0n) is 15.9. The lowest BCUT2D eigenvalue weighted by Gasteiger charge is -2.20. The van der Waals surface area contributed by atoms with Gasteiger partial charge in [-0.2, -0.15) is 13.2 Å². The predicted molar refractivity (Wildman–Crippen MR) is 114 cm³/mol. The van der Waals surface area contributed by atoms with E-state index < -0.39 is 17.6 Å². The first-order valence-corrected chi connectivity index (χ1v) is 10.9. The summed E-state index contributed by atoms with van der Waals surface area (Å²) in [5, 5.41) is 3.85. The van der Waals surface area contributed by atoms with E-state index in [9.17, 15) is 18.0 Å². The molecule has 30 heavy (non-hydrogen) atoms. The number of pyridine rings is 1. The maximum absolute atomic E-state index is 13.2. The summed E-state index contributed by atoms with van der Waals surface area (Å²) >= 11 is 7.50. The molecule has 0 aliphatic heterocycles. The fraction of sp³-hybridized carbons (Fsp3) is 0.273. The molecule has 1 N–H and O–H groups in total. The summed E-state index contributed by atoms with van der Waals surface area (Å²) in [4.78, 5) is 18.2. The first-order chi connectivity index (χ1) is 14.3. The third kappa shape index (κ3) is 4.42. The van der Waals surface area contributed by atoms with Crippen LogP contribution >= 0.6 is 23.4 Å². The molecule has 0 atom stereocenters. The summed E-state index contributed by atoms with van der Waals surface area (Å²) in [5.41, 5.74) is 1.86. The van der Waals surface area contributed by atoms with Crippen molar-refractivity contribution in [3.8, 4) is 0 Å². The highest BCUT2D eigenvalue weighted by molar-refractivity contribution is 8.00. The molecule has 0 unspecified atom stereocenters. The molecule has 8 heteroatoms. The molecule has 0 bridgehead atoms. The molecular formula is C22H18ClF3N2OS. The van der Waals surface area contributed by atoms with Crippen LogP contribution in [0.15, 0.2) is 47.4 Å². The molecule has 4 rings (SSSR count). The molecule has 0 saturated carbocycles. The second kappa shape index (κ2) is 8.47. The Labute approximate surface area is 181 Å². The molecule has 1 amide bonds.